The van der Waals surface area contributed by atoms with Crippen LogP contribution in [-0.4, -0.2) is 17.7 Å². The maximum absolute atomic E-state index is 6.30. The molecule has 12 heavy (non-hydrogen) atoms. The van der Waals surface area contributed by atoms with Crippen molar-refractivity contribution in [2.45, 2.75) is 50.4 Å². The van der Waals surface area contributed by atoms with Gasteiger partial charge in [0.15, 0.2) is 0 Å². The lowest BCUT2D eigenvalue weighted by Gasteiger charge is -2.25. The van der Waals surface area contributed by atoms with Crippen LogP contribution < -0.4 is 5.73 Å². The molecule has 2 aliphatic heterocycles. The lowest BCUT2D eigenvalue weighted by atomic mass is 9.81. The van der Waals surface area contributed by atoms with Crippen LogP contribution in [0, 0.1) is 11.8 Å². The molecule has 5 atom stereocenters. The molecule has 1 aliphatic carbocycles. The van der Waals surface area contributed by atoms with Gasteiger partial charge in [0.2, 0.25) is 0 Å². The Bertz CT molecular complexity index is 218. The van der Waals surface area contributed by atoms with Crippen molar-refractivity contribution in [3.63, 3.8) is 0 Å². The summed E-state index contributed by atoms with van der Waals surface area (Å²) in [5, 5.41) is 0. The van der Waals surface area contributed by atoms with Crippen molar-refractivity contribution in [2.24, 2.45) is 17.6 Å². The normalized spacial score (nSPS) is 62.5. The smallest absolute Gasteiger partial charge is 0.0626 e. The van der Waals surface area contributed by atoms with Gasteiger partial charge in [-0.1, -0.05) is 6.92 Å². The summed E-state index contributed by atoms with van der Waals surface area (Å²) in [6.45, 7) is 2.27. The van der Waals surface area contributed by atoms with Crippen LogP contribution in [0.1, 0.15) is 32.6 Å². The molecule has 2 heterocycles. The molecule has 2 saturated heterocycles. The lowest BCUT2D eigenvalue weighted by Crippen LogP contribution is -2.40. The Morgan fingerprint density at radius 2 is 2.17 bits per heavy atom. The highest BCUT2D eigenvalue weighted by molar-refractivity contribution is 5.14. The zero-order valence-electron chi connectivity index (χ0n) is 7.62. The maximum Gasteiger partial charge on any atom is 0.0626 e. The number of rotatable bonds is 1. The fourth-order valence-corrected chi connectivity index (χ4v) is 3.19. The molecule has 0 amide bonds. The predicted octanol–water partition coefficient (Wildman–Crippen LogP) is 1.29. The van der Waals surface area contributed by atoms with Crippen molar-refractivity contribution in [3.05, 3.63) is 0 Å². The summed E-state index contributed by atoms with van der Waals surface area (Å²) in [6, 6.07) is 0. The summed E-state index contributed by atoms with van der Waals surface area (Å²) in [7, 11) is 0. The van der Waals surface area contributed by atoms with E-state index in [1.807, 2.05) is 0 Å². The van der Waals surface area contributed by atoms with Gasteiger partial charge in [-0.15, -0.1) is 0 Å². The van der Waals surface area contributed by atoms with E-state index in [1.165, 1.54) is 25.7 Å². The first kappa shape index (κ1) is 7.34. The number of hydrogen-bond donors (Lipinski definition) is 1. The molecule has 5 unspecified atom stereocenters. The van der Waals surface area contributed by atoms with Crippen molar-refractivity contribution >= 4 is 0 Å². The summed E-state index contributed by atoms with van der Waals surface area (Å²) in [6.07, 6.45) is 6.10. The molecule has 0 aromatic carbocycles. The third-order valence-corrected chi connectivity index (χ3v) is 4.21. The molecule has 3 rings (SSSR count). The predicted molar refractivity (Wildman–Crippen MR) is 46.7 cm³/mol. The third kappa shape index (κ3) is 0.775. The number of hydrogen-bond acceptors (Lipinski definition) is 2. The molecule has 3 fully saturated rings. The first-order valence-electron chi connectivity index (χ1n) is 5.14. The van der Waals surface area contributed by atoms with Gasteiger partial charge in [-0.2, -0.15) is 0 Å². The van der Waals surface area contributed by atoms with Gasteiger partial charge in [0.1, 0.15) is 0 Å². The van der Waals surface area contributed by atoms with Crippen LogP contribution in [0.5, 0.6) is 0 Å². The molecule has 2 nitrogen and oxygen atoms in total. The van der Waals surface area contributed by atoms with Gasteiger partial charge < -0.3 is 10.5 Å². The first-order valence-corrected chi connectivity index (χ1v) is 5.14. The number of fused-ring (bicyclic) bond motifs is 2. The lowest BCUT2D eigenvalue weighted by molar-refractivity contribution is 0.0857. The van der Waals surface area contributed by atoms with Gasteiger partial charge >= 0.3 is 0 Å². The molecule has 0 aromatic rings. The Morgan fingerprint density at radius 3 is 2.58 bits per heavy atom. The Hall–Kier alpha value is -0.0800. The van der Waals surface area contributed by atoms with E-state index in [2.05, 4.69) is 6.92 Å². The molecular weight excluding hydrogens is 150 g/mol. The van der Waals surface area contributed by atoms with Crippen LogP contribution >= 0.6 is 0 Å². The van der Waals surface area contributed by atoms with E-state index in [9.17, 15) is 0 Å². The summed E-state index contributed by atoms with van der Waals surface area (Å²) < 4.78 is 5.82. The Balaban J connectivity index is 1.79. The van der Waals surface area contributed by atoms with Crippen molar-refractivity contribution in [2.75, 3.05) is 0 Å². The van der Waals surface area contributed by atoms with E-state index in [0.29, 0.717) is 18.1 Å². The standard InChI is InChI=1S/C10H17NO/c1-6-5-10(6,11)8-4-7-2-3-9(8)12-7/h6-9H,2-5,11H2,1H3. The molecule has 68 valence electrons. The molecule has 2 heteroatoms. The van der Waals surface area contributed by atoms with Crippen LogP contribution in [0.4, 0.5) is 0 Å². The average Bonchev–Trinajstić information content (AvgIpc) is 2.55. The zero-order valence-corrected chi connectivity index (χ0v) is 7.62. The van der Waals surface area contributed by atoms with E-state index >= 15 is 0 Å². The highest BCUT2D eigenvalue weighted by Gasteiger charge is 2.59. The SMILES string of the molecule is CC1CC1(N)C1CC2CCC1O2. The van der Waals surface area contributed by atoms with Gasteiger partial charge in [-0.05, 0) is 31.6 Å². The topological polar surface area (TPSA) is 35.2 Å². The average molecular weight is 167 g/mol. The molecule has 0 aromatic heterocycles. The van der Waals surface area contributed by atoms with Gasteiger partial charge in [0.25, 0.3) is 0 Å². The zero-order chi connectivity index (χ0) is 8.34. The minimum atomic E-state index is 0.167. The van der Waals surface area contributed by atoms with E-state index in [0.717, 1.165) is 5.92 Å². The molecule has 0 spiro atoms. The number of ether oxygens (including phenoxy) is 1. The van der Waals surface area contributed by atoms with Gasteiger partial charge in [-0.3, -0.25) is 0 Å². The summed E-state index contributed by atoms with van der Waals surface area (Å²) in [5.41, 5.74) is 6.47. The van der Waals surface area contributed by atoms with Crippen LogP contribution in [0.3, 0.4) is 0 Å². The maximum atomic E-state index is 6.30. The van der Waals surface area contributed by atoms with Crippen molar-refractivity contribution < 1.29 is 4.74 Å². The van der Waals surface area contributed by atoms with E-state index < -0.39 is 0 Å². The molecule has 2 bridgehead atoms. The quantitative estimate of drug-likeness (QED) is 0.638. The van der Waals surface area contributed by atoms with Gasteiger partial charge in [0.05, 0.1) is 12.2 Å². The summed E-state index contributed by atoms with van der Waals surface area (Å²) >= 11 is 0. The number of nitrogens with two attached hydrogens (primary N) is 1. The minimum absolute atomic E-state index is 0.167. The molecule has 2 N–H and O–H groups in total. The first-order chi connectivity index (χ1) is 5.70. The second-order valence-electron chi connectivity index (χ2n) is 4.93. The van der Waals surface area contributed by atoms with E-state index in [1.54, 1.807) is 0 Å². The van der Waals surface area contributed by atoms with Crippen LogP contribution in [0.25, 0.3) is 0 Å². The molecule has 1 saturated carbocycles. The highest BCUT2D eigenvalue weighted by Crippen LogP contribution is 2.55. The highest BCUT2D eigenvalue weighted by atomic mass is 16.5. The molecule has 0 radical (unpaired) electrons. The third-order valence-electron chi connectivity index (χ3n) is 4.21. The van der Waals surface area contributed by atoms with E-state index in [4.69, 9.17) is 10.5 Å². The second kappa shape index (κ2) is 2.05. The summed E-state index contributed by atoms with van der Waals surface area (Å²) in [4.78, 5) is 0. The monoisotopic (exact) mass is 167 g/mol. The van der Waals surface area contributed by atoms with Crippen molar-refractivity contribution in [3.8, 4) is 0 Å². The Morgan fingerprint density at radius 1 is 1.42 bits per heavy atom. The van der Waals surface area contributed by atoms with Crippen LogP contribution in [0.15, 0.2) is 0 Å². The molecular formula is C10H17NO. The summed E-state index contributed by atoms with van der Waals surface area (Å²) in [5.74, 6) is 1.43. The van der Waals surface area contributed by atoms with Gasteiger partial charge in [-0.25, -0.2) is 0 Å². The Kier molecular flexibility index (Phi) is 1.25. The van der Waals surface area contributed by atoms with Crippen molar-refractivity contribution in [1.82, 2.24) is 0 Å². The fourth-order valence-electron chi connectivity index (χ4n) is 3.19. The van der Waals surface area contributed by atoms with Crippen LogP contribution in [0.2, 0.25) is 0 Å². The molecule has 3 aliphatic rings. The van der Waals surface area contributed by atoms with E-state index in [-0.39, 0.29) is 5.54 Å². The van der Waals surface area contributed by atoms with Crippen molar-refractivity contribution in [1.29, 1.82) is 0 Å². The fraction of sp³-hybridized carbons (Fsp3) is 1.00. The Labute approximate surface area is 73.5 Å². The minimum Gasteiger partial charge on any atom is -0.375 e. The van der Waals surface area contributed by atoms with Crippen LogP contribution in [-0.2, 0) is 4.74 Å². The second-order valence-corrected chi connectivity index (χ2v) is 4.93. The largest absolute Gasteiger partial charge is 0.375 e. The van der Waals surface area contributed by atoms with Gasteiger partial charge in [0, 0.05) is 11.5 Å².